The van der Waals surface area contributed by atoms with Crippen molar-refractivity contribution in [2.75, 3.05) is 25.0 Å². The summed E-state index contributed by atoms with van der Waals surface area (Å²) in [6.45, 7) is 3.04. The third-order valence-electron chi connectivity index (χ3n) is 5.29. The Morgan fingerprint density at radius 2 is 1.94 bits per heavy atom. The number of benzene rings is 2. The minimum absolute atomic E-state index is 0.0313. The lowest BCUT2D eigenvalue weighted by Gasteiger charge is -2.27. The molecule has 0 radical (unpaired) electrons. The number of carbonyl (C=O) groups excluding carboxylic acids is 1. The third-order valence-corrected chi connectivity index (χ3v) is 7.44. The smallest absolute Gasteiger partial charge is 0.277 e. The number of anilines is 1. The zero-order valence-electron chi connectivity index (χ0n) is 18.1. The fourth-order valence-electron chi connectivity index (χ4n) is 3.66. The summed E-state index contributed by atoms with van der Waals surface area (Å²) in [5.74, 6) is 0.117. The predicted molar refractivity (Wildman–Crippen MR) is 125 cm³/mol. The molecule has 0 atom stereocenters. The normalized spacial score (nSPS) is 14.7. The summed E-state index contributed by atoms with van der Waals surface area (Å²) in [5, 5.41) is 7.06. The second-order valence-electron chi connectivity index (χ2n) is 7.60. The first-order valence-electron chi connectivity index (χ1n) is 10.7. The molecule has 2 aromatic carbocycles. The van der Waals surface area contributed by atoms with Gasteiger partial charge in [0.2, 0.25) is 10.0 Å². The zero-order chi connectivity index (χ0) is 23.4. The Bertz CT molecular complexity index is 1250. The van der Waals surface area contributed by atoms with Crippen molar-refractivity contribution < 1.29 is 22.5 Å². The summed E-state index contributed by atoms with van der Waals surface area (Å²) in [4.78, 5) is 12.8. The number of aromatic nitrogens is 1. The van der Waals surface area contributed by atoms with Crippen molar-refractivity contribution in [3.05, 3.63) is 59.2 Å². The highest BCUT2D eigenvalue weighted by molar-refractivity contribution is 7.89. The highest BCUT2D eigenvalue weighted by atomic mass is 35.5. The molecule has 1 aliphatic rings. The quantitative estimate of drug-likeness (QED) is 0.510. The van der Waals surface area contributed by atoms with Crippen LogP contribution in [0.5, 0.6) is 5.75 Å². The van der Waals surface area contributed by atoms with Gasteiger partial charge in [-0.2, -0.15) is 4.31 Å². The largest absolute Gasteiger partial charge is 0.492 e. The molecule has 3 aromatic rings. The van der Waals surface area contributed by atoms with Gasteiger partial charge in [0.05, 0.1) is 6.61 Å². The van der Waals surface area contributed by atoms with E-state index in [9.17, 15) is 13.2 Å². The molecule has 33 heavy (non-hydrogen) atoms. The van der Waals surface area contributed by atoms with Gasteiger partial charge in [0.25, 0.3) is 5.91 Å². The fraction of sp³-hybridized carbons (Fsp3) is 0.304. The molecule has 1 N–H and O–H groups in total. The van der Waals surface area contributed by atoms with Crippen molar-refractivity contribution in [2.45, 2.75) is 31.1 Å². The van der Waals surface area contributed by atoms with Crippen LogP contribution in [0.15, 0.2) is 57.9 Å². The SMILES string of the molecule is CCOc1ccc(NC(=O)c2cc(-c3cccc(Cl)c3)on2)cc1S(=O)(=O)N1CCCCC1. The van der Waals surface area contributed by atoms with Gasteiger partial charge in [-0.15, -0.1) is 0 Å². The maximum atomic E-state index is 13.3. The second kappa shape index (κ2) is 9.94. The molecule has 0 aliphatic carbocycles. The van der Waals surface area contributed by atoms with Crippen LogP contribution < -0.4 is 10.1 Å². The van der Waals surface area contributed by atoms with Crippen LogP contribution in [0.1, 0.15) is 36.7 Å². The first-order chi connectivity index (χ1) is 15.9. The number of piperidine rings is 1. The van der Waals surface area contributed by atoms with Crippen LogP contribution in [0.25, 0.3) is 11.3 Å². The first-order valence-corrected chi connectivity index (χ1v) is 12.5. The van der Waals surface area contributed by atoms with E-state index in [0.717, 1.165) is 19.3 Å². The van der Waals surface area contributed by atoms with Crippen LogP contribution in [-0.2, 0) is 10.0 Å². The molecule has 1 amide bonds. The van der Waals surface area contributed by atoms with E-state index in [1.165, 1.54) is 16.4 Å². The molecule has 10 heteroatoms. The molecule has 0 saturated carbocycles. The molecule has 0 unspecified atom stereocenters. The summed E-state index contributed by atoms with van der Waals surface area (Å²) in [6.07, 6.45) is 2.65. The van der Waals surface area contributed by atoms with Crippen molar-refractivity contribution in [3.8, 4) is 17.1 Å². The number of nitrogens with one attached hydrogen (secondary N) is 1. The van der Waals surface area contributed by atoms with E-state index in [0.29, 0.717) is 41.7 Å². The number of hydrogen-bond acceptors (Lipinski definition) is 6. The minimum atomic E-state index is -3.76. The van der Waals surface area contributed by atoms with E-state index in [1.54, 1.807) is 43.3 Å². The molecular formula is C23H24ClN3O5S. The molecule has 1 aliphatic heterocycles. The highest BCUT2D eigenvalue weighted by Gasteiger charge is 2.29. The van der Waals surface area contributed by atoms with Crippen LogP contribution in [0, 0.1) is 0 Å². The number of amides is 1. The molecule has 8 nitrogen and oxygen atoms in total. The average molecular weight is 490 g/mol. The summed E-state index contributed by atoms with van der Waals surface area (Å²) in [6, 6.07) is 13.1. The van der Waals surface area contributed by atoms with E-state index in [2.05, 4.69) is 10.5 Å². The molecule has 0 bridgehead atoms. The van der Waals surface area contributed by atoms with Gasteiger partial charge in [-0.05, 0) is 50.1 Å². The van der Waals surface area contributed by atoms with Gasteiger partial charge in [0.15, 0.2) is 11.5 Å². The summed E-state index contributed by atoms with van der Waals surface area (Å²) in [5.41, 5.74) is 1.05. The minimum Gasteiger partial charge on any atom is -0.492 e. The topological polar surface area (TPSA) is 102 Å². The Kier molecular flexibility index (Phi) is 7.02. The van der Waals surface area contributed by atoms with E-state index in [4.69, 9.17) is 20.9 Å². The van der Waals surface area contributed by atoms with Gasteiger partial charge in [-0.3, -0.25) is 4.79 Å². The van der Waals surface area contributed by atoms with Crippen molar-refractivity contribution >= 4 is 33.2 Å². The molecule has 1 aromatic heterocycles. The van der Waals surface area contributed by atoms with Gasteiger partial charge in [-0.25, -0.2) is 8.42 Å². The molecule has 1 fully saturated rings. The monoisotopic (exact) mass is 489 g/mol. The Balaban J connectivity index is 1.58. The molecule has 0 spiro atoms. The summed E-state index contributed by atoms with van der Waals surface area (Å²) >= 11 is 6.01. The van der Waals surface area contributed by atoms with E-state index in [1.807, 2.05) is 0 Å². The predicted octanol–water partition coefficient (Wildman–Crippen LogP) is 4.82. The van der Waals surface area contributed by atoms with Crippen LogP contribution >= 0.6 is 11.6 Å². The fourth-order valence-corrected chi connectivity index (χ4v) is 5.53. The number of sulfonamides is 1. The Labute approximate surface area is 197 Å². The molecule has 4 rings (SSSR count). The van der Waals surface area contributed by atoms with Gasteiger partial charge in [0, 0.05) is 35.4 Å². The van der Waals surface area contributed by atoms with E-state index >= 15 is 0 Å². The number of rotatable bonds is 7. The van der Waals surface area contributed by atoms with Crippen LogP contribution in [-0.4, -0.2) is 43.5 Å². The Hall–Kier alpha value is -2.88. The Morgan fingerprint density at radius 3 is 2.67 bits per heavy atom. The third kappa shape index (κ3) is 5.21. The lowest BCUT2D eigenvalue weighted by molar-refractivity contribution is 0.101. The summed E-state index contributed by atoms with van der Waals surface area (Å²) < 4.78 is 38.9. The van der Waals surface area contributed by atoms with Crippen molar-refractivity contribution in [1.82, 2.24) is 9.46 Å². The lowest BCUT2D eigenvalue weighted by atomic mass is 10.1. The molecule has 2 heterocycles. The van der Waals surface area contributed by atoms with Gasteiger partial charge in [-0.1, -0.05) is 35.3 Å². The van der Waals surface area contributed by atoms with Crippen LogP contribution in [0.3, 0.4) is 0 Å². The number of nitrogens with zero attached hydrogens (tertiary/aromatic N) is 2. The van der Waals surface area contributed by atoms with Crippen molar-refractivity contribution in [2.24, 2.45) is 0 Å². The number of ether oxygens (including phenoxy) is 1. The lowest BCUT2D eigenvalue weighted by Crippen LogP contribution is -2.35. The maximum absolute atomic E-state index is 13.3. The van der Waals surface area contributed by atoms with Crippen molar-refractivity contribution in [3.63, 3.8) is 0 Å². The van der Waals surface area contributed by atoms with E-state index < -0.39 is 15.9 Å². The van der Waals surface area contributed by atoms with Crippen molar-refractivity contribution in [1.29, 1.82) is 0 Å². The standard InChI is InChI=1S/C23H24ClN3O5S/c1-2-31-20-10-9-18(14-22(20)33(29,30)27-11-4-3-5-12-27)25-23(28)19-15-21(32-26-19)16-7-6-8-17(24)13-16/h6-10,13-15H,2-5,11-12H2,1H3,(H,25,28). The molecule has 174 valence electrons. The number of halogens is 1. The Morgan fingerprint density at radius 1 is 1.15 bits per heavy atom. The van der Waals surface area contributed by atoms with Crippen LogP contribution in [0.2, 0.25) is 5.02 Å². The van der Waals surface area contributed by atoms with Crippen LogP contribution in [0.4, 0.5) is 5.69 Å². The molecule has 1 saturated heterocycles. The number of hydrogen-bond donors (Lipinski definition) is 1. The highest BCUT2D eigenvalue weighted by Crippen LogP contribution is 2.32. The van der Waals surface area contributed by atoms with Gasteiger partial charge >= 0.3 is 0 Å². The summed E-state index contributed by atoms with van der Waals surface area (Å²) in [7, 11) is -3.76. The van der Waals surface area contributed by atoms with E-state index in [-0.39, 0.29) is 16.3 Å². The van der Waals surface area contributed by atoms with Gasteiger partial charge < -0.3 is 14.6 Å². The van der Waals surface area contributed by atoms with Gasteiger partial charge in [0.1, 0.15) is 10.6 Å². The first kappa shape index (κ1) is 23.3. The average Bonchev–Trinajstić information content (AvgIpc) is 3.31. The zero-order valence-corrected chi connectivity index (χ0v) is 19.7. The number of carbonyl (C=O) groups is 1. The molecular weight excluding hydrogens is 466 g/mol. The maximum Gasteiger partial charge on any atom is 0.277 e. The second-order valence-corrected chi connectivity index (χ2v) is 9.94.